The first-order valence-electron chi connectivity index (χ1n) is 9.55. The van der Waals surface area contributed by atoms with Gasteiger partial charge in [0.1, 0.15) is 12.1 Å². The van der Waals surface area contributed by atoms with Crippen molar-refractivity contribution in [3.05, 3.63) is 35.9 Å². The standard InChI is InChI=1S/C20H24N2O5S2/c1-12(23)29-16(10-13-6-3-2-4-7-13)18(24)21-14-8-5-9-17-22(19(14)25)15(11-28-17)20(26)27/h2-4,6-7,14-17H,5,8-11H2,1H3,(H,21,24)(H,26,27)/t14-,15-,16+,17-/m1/s1. The SMILES string of the molecule is CC(=O)S[C@@H](Cc1ccccc1)C(=O)N[C@@H]1CCC[C@H]2SC[C@H](C(=O)O)N2C1=O. The maximum absolute atomic E-state index is 13.0. The first-order valence-corrected chi connectivity index (χ1v) is 11.5. The Labute approximate surface area is 178 Å². The fourth-order valence-corrected chi connectivity index (χ4v) is 5.99. The van der Waals surface area contributed by atoms with Gasteiger partial charge in [-0.15, -0.1) is 11.8 Å². The van der Waals surface area contributed by atoms with Gasteiger partial charge in [0, 0.05) is 12.7 Å². The minimum atomic E-state index is -1.02. The average Bonchev–Trinajstić information content (AvgIpc) is 3.04. The molecule has 2 fully saturated rings. The maximum atomic E-state index is 13.0. The number of carboxylic acids is 1. The number of hydrogen-bond donors (Lipinski definition) is 2. The van der Waals surface area contributed by atoms with Crippen LogP contribution >= 0.6 is 23.5 Å². The highest BCUT2D eigenvalue weighted by atomic mass is 32.2. The molecule has 2 heterocycles. The third kappa shape index (κ3) is 5.33. The fraction of sp³-hybridized carbons (Fsp3) is 0.500. The van der Waals surface area contributed by atoms with E-state index < -0.39 is 23.3 Å². The van der Waals surface area contributed by atoms with Gasteiger partial charge in [-0.05, 0) is 31.2 Å². The number of carbonyl (C=O) groups is 4. The zero-order chi connectivity index (χ0) is 21.0. The van der Waals surface area contributed by atoms with E-state index >= 15 is 0 Å². The van der Waals surface area contributed by atoms with E-state index in [0.29, 0.717) is 25.0 Å². The van der Waals surface area contributed by atoms with E-state index in [1.165, 1.54) is 23.6 Å². The minimum absolute atomic E-state index is 0.155. The molecule has 2 aliphatic heterocycles. The number of nitrogens with zero attached hydrogens (tertiary/aromatic N) is 1. The number of amides is 2. The Morgan fingerprint density at radius 1 is 1.28 bits per heavy atom. The molecular formula is C20H24N2O5S2. The lowest BCUT2D eigenvalue weighted by Gasteiger charge is -2.28. The lowest BCUT2D eigenvalue weighted by atomic mass is 10.1. The monoisotopic (exact) mass is 436 g/mol. The highest BCUT2D eigenvalue weighted by Gasteiger charge is 2.45. The third-order valence-corrected chi connectivity index (χ3v) is 7.41. The molecule has 2 saturated heterocycles. The minimum Gasteiger partial charge on any atom is -0.480 e. The van der Waals surface area contributed by atoms with Gasteiger partial charge in [-0.2, -0.15) is 0 Å². The lowest BCUT2D eigenvalue weighted by Crippen LogP contribution is -2.54. The summed E-state index contributed by atoms with van der Waals surface area (Å²) in [5, 5.41) is 11.3. The molecule has 2 aliphatic rings. The number of fused-ring (bicyclic) bond motifs is 1. The van der Waals surface area contributed by atoms with Gasteiger partial charge in [-0.25, -0.2) is 4.79 Å². The Balaban J connectivity index is 1.73. The Hall–Kier alpha value is -2.00. The summed E-state index contributed by atoms with van der Waals surface area (Å²) in [4.78, 5) is 50.6. The number of thioether (sulfide) groups is 2. The number of aliphatic carboxylic acids is 1. The van der Waals surface area contributed by atoms with Gasteiger partial charge < -0.3 is 15.3 Å². The average molecular weight is 437 g/mol. The van der Waals surface area contributed by atoms with Gasteiger partial charge in [0.15, 0.2) is 5.12 Å². The van der Waals surface area contributed by atoms with E-state index in [0.717, 1.165) is 23.7 Å². The number of carbonyl (C=O) groups excluding carboxylic acids is 3. The first kappa shape index (κ1) is 21.7. The highest BCUT2D eigenvalue weighted by Crippen LogP contribution is 2.35. The topological polar surface area (TPSA) is 104 Å². The summed E-state index contributed by atoms with van der Waals surface area (Å²) < 4.78 is 0. The molecule has 29 heavy (non-hydrogen) atoms. The van der Waals surface area contributed by atoms with Gasteiger partial charge in [0.2, 0.25) is 11.8 Å². The van der Waals surface area contributed by atoms with E-state index in [1.54, 1.807) is 0 Å². The van der Waals surface area contributed by atoms with Crippen LogP contribution in [0.4, 0.5) is 0 Å². The molecule has 9 heteroatoms. The van der Waals surface area contributed by atoms with Gasteiger partial charge in [0.25, 0.3) is 0 Å². The van der Waals surface area contributed by atoms with Crippen LogP contribution in [-0.4, -0.2) is 61.4 Å². The van der Waals surface area contributed by atoms with Gasteiger partial charge in [0.05, 0.1) is 10.6 Å². The second-order valence-electron chi connectivity index (χ2n) is 7.17. The Kier molecular flexibility index (Phi) is 7.23. The summed E-state index contributed by atoms with van der Waals surface area (Å²) in [6.45, 7) is 1.41. The van der Waals surface area contributed by atoms with E-state index in [-0.39, 0.29) is 22.3 Å². The molecular weight excluding hydrogens is 412 g/mol. The normalized spacial score (nSPS) is 25.1. The molecule has 4 atom stereocenters. The Bertz CT molecular complexity index is 788. The second-order valence-corrected chi connectivity index (χ2v) is 9.76. The molecule has 1 aromatic carbocycles. The van der Waals surface area contributed by atoms with Crippen LogP contribution in [0, 0.1) is 0 Å². The molecule has 2 amide bonds. The van der Waals surface area contributed by atoms with Gasteiger partial charge >= 0.3 is 5.97 Å². The Morgan fingerprint density at radius 3 is 2.66 bits per heavy atom. The van der Waals surface area contributed by atoms with E-state index in [1.807, 2.05) is 30.3 Å². The van der Waals surface area contributed by atoms with Crippen molar-refractivity contribution in [1.29, 1.82) is 0 Å². The number of nitrogens with one attached hydrogen (secondary N) is 1. The Morgan fingerprint density at radius 2 is 2.00 bits per heavy atom. The van der Waals surface area contributed by atoms with Gasteiger partial charge in [-0.3, -0.25) is 14.4 Å². The quantitative estimate of drug-likeness (QED) is 0.702. The number of hydrogen-bond acceptors (Lipinski definition) is 6. The maximum Gasteiger partial charge on any atom is 0.327 e. The zero-order valence-electron chi connectivity index (χ0n) is 16.1. The predicted octanol–water partition coefficient (Wildman–Crippen LogP) is 1.90. The largest absolute Gasteiger partial charge is 0.480 e. The molecule has 0 saturated carbocycles. The summed E-state index contributed by atoms with van der Waals surface area (Å²) >= 11 is 2.43. The zero-order valence-corrected chi connectivity index (χ0v) is 17.7. The van der Waals surface area contributed by atoms with Crippen LogP contribution in [0.3, 0.4) is 0 Å². The summed E-state index contributed by atoms with van der Waals surface area (Å²) in [6.07, 6.45) is 2.27. The van der Waals surface area contributed by atoms with Crippen LogP contribution in [0.5, 0.6) is 0 Å². The van der Waals surface area contributed by atoms with Gasteiger partial charge in [-0.1, -0.05) is 42.1 Å². The van der Waals surface area contributed by atoms with Crippen molar-refractivity contribution in [3.63, 3.8) is 0 Å². The molecule has 3 rings (SSSR count). The van der Waals surface area contributed by atoms with E-state index in [4.69, 9.17) is 0 Å². The van der Waals surface area contributed by atoms with E-state index in [2.05, 4.69) is 5.32 Å². The summed E-state index contributed by atoms with van der Waals surface area (Å²) in [7, 11) is 0. The first-order chi connectivity index (χ1) is 13.9. The molecule has 0 radical (unpaired) electrons. The molecule has 0 bridgehead atoms. The molecule has 0 aromatic heterocycles. The predicted molar refractivity (Wildman–Crippen MR) is 113 cm³/mol. The molecule has 156 valence electrons. The van der Waals surface area contributed by atoms with Crippen LogP contribution in [-0.2, 0) is 25.6 Å². The molecule has 1 aromatic rings. The van der Waals surface area contributed by atoms with E-state index in [9.17, 15) is 24.3 Å². The molecule has 0 unspecified atom stereocenters. The lowest BCUT2D eigenvalue weighted by molar-refractivity contribution is -0.149. The van der Waals surface area contributed by atoms with Crippen LogP contribution < -0.4 is 5.32 Å². The van der Waals surface area contributed by atoms with Crippen molar-refractivity contribution >= 4 is 46.4 Å². The van der Waals surface area contributed by atoms with Crippen molar-refractivity contribution < 1.29 is 24.3 Å². The smallest absolute Gasteiger partial charge is 0.327 e. The number of benzene rings is 1. The summed E-state index contributed by atoms with van der Waals surface area (Å²) in [5.74, 6) is -1.37. The molecule has 2 N–H and O–H groups in total. The van der Waals surface area contributed by atoms with Crippen molar-refractivity contribution in [1.82, 2.24) is 10.2 Å². The number of rotatable bonds is 6. The summed E-state index contributed by atoms with van der Waals surface area (Å²) in [6, 6.07) is 7.77. The van der Waals surface area contributed by atoms with Crippen molar-refractivity contribution in [2.45, 2.75) is 55.3 Å². The molecule has 0 aliphatic carbocycles. The van der Waals surface area contributed by atoms with Crippen molar-refractivity contribution in [2.75, 3.05) is 5.75 Å². The van der Waals surface area contributed by atoms with Crippen LogP contribution in [0.1, 0.15) is 31.7 Å². The van der Waals surface area contributed by atoms with Crippen LogP contribution in [0.2, 0.25) is 0 Å². The second kappa shape index (κ2) is 9.67. The third-order valence-electron chi connectivity index (χ3n) is 5.06. The number of carboxylic acid groups (broad SMARTS) is 1. The van der Waals surface area contributed by atoms with Crippen molar-refractivity contribution in [3.8, 4) is 0 Å². The van der Waals surface area contributed by atoms with Crippen molar-refractivity contribution in [2.24, 2.45) is 0 Å². The molecule has 7 nitrogen and oxygen atoms in total. The fourth-order valence-electron chi connectivity index (χ4n) is 3.69. The summed E-state index contributed by atoms with van der Waals surface area (Å²) in [5.41, 5.74) is 0.926. The van der Waals surface area contributed by atoms with Crippen LogP contribution in [0.15, 0.2) is 30.3 Å². The highest BCUT2D eigenvalue weighted by molar-refractivity contribution is 8.14. The molecule has 0 spiro atoms. The van der Waals surface area contributed by atoms with Crippen LogP contribution in [0.25, 0.3) is 0 Å².